The van der Waals surface area contributed by atoms with Gasteiger partial charge < -0.3 is 15.0 Å². The Morgan fingerprint density at radius 3 is 2.50 bits per heavy atom. The van der Waals surface area contributed by atoms with Gasteiger partial charge in [0.1, 0.15) is 6.04 Å². The SMILES string of the molecule is COc1ccc(C(=O)N2C[C@H](NC(C)=O)CC[C@H]2C(F)(F)F)nn1. The fourth-order valence-electron chi connectivity index (χ4n) is 2.63. The van der Waals surface area contributed by atoms with Crippen molar-refractivity contribution in [3.63, 3.8) is 0 Å². The van der Waals surface area contributed by atoms with Gasteiger partial charge in [-0.25, -0.2) is 0 Å². The molecule has 132 valence electrons. The van der Waals surface area contributed by atoms with E-state index >= 15 is 0 Å². The summed E-state index contributed by atoms with van der Waals surface area (Å²) < 4.78 is 44.5. The van der Waals surface area contributed by atoms with E-state index in [9.17, 15) is 22.8 Å². The van der Waals surface area contributed by atoms with Crippen molar-refractivity contribution in [3.8, 4) is 5.88 Å². The molecule has 1 aliphatic rings. The zero-order valence-electron chi connectivity index (χ0n) is 13.1. The second kappa shape index (κ2) is 7.02. The molecule has 0 aromatic carbocycles. The Morgan fingerprint density at radius 2 is 2.00 bits per heavy atom. The fourth-order valence-corrected chi connectivity index (χ4v) is 2.63. The summed E-state index contributed by atoms with van der Waals surface area (Å²) in [5.74, 6) is -1.10. The molecule has 0 saturated carbocycles. The molecule has 2 amide bonds. The van der Waals surface area contributed by atoms with E-state index in [2.05, 4.69) is 15.5 Å². The van der Waals surface area contributed by atoms with E-state index in [-0.39, 0.29) is 36.9 Å². The molecular formula is C14H17F3N4O3. The predicted molar refractivity (Wildman–Crippen MR) is 76.3 cm³/mol. The van der Waals surface area contributed by atoms with Gasteiger partial charge in [-0.05, 0) is 18.9 Å². The molecule has 2 atom stereocenters. The average Bonchev–Trinajstić information content (AvgIpc) is 2.52. The van der Waals surface area contributed by atoms with Gasteiger partial charge in [0.05, 0.1) is 7.11 Å². The Balaban J connectivity index is 2.24. The number of nitrogens with one attached hydrogen (secondary N) is 1. The third-order valence-electron chi connectivity index (χ3n) is 3.70. The maximum atomic E-state index is 13.2. The van der Waals surface area contributed by atoms with Gasteiger partial charge >= 0.3 is 6.18 Å². The lowest BCUT2D eigenvalue weighted by Crippen LogP contribution is -2.58. The lowest BCUT2D eigenvalue weighted by molar-refractivity contribution is -0.184. The smallest absolute Gasteiger partial charge is 0.408 e. The molecule has 10 heteroatoms. The van der Waals surface area contributed by atoms with Crippen molar-refractivity contribution in [3.05, 3.63) is 17.8 Å². The minimum absolute atomic E-state index is 0.141. The molecule has 1 N–H and O–H groups in total. The Morgan fingerprint density at radius 1 is 1.29 bits per heavy atom. The minimum Gasteiger partial charge on any atom is -0.480 e. The first-order valence-electron chi connectivity index (χ1n) is 7.25. The van der Waals surface area contributed by atoms with Gasteiger partial charge in [0, 0.05) is 25.6 Å². The van der Waals surface area contributed by atoms with Crippen LogP contribution in [0.4, 0.5) is 13.2 Å². The van der Waals surface area contributed by atoms with Crippen LogP contribution >= 0.6 is 0 Å². The summed E-state index contributed by atoms with van der Waals surface area (Å²) in [4.78, 5) is 24.3. The van der Waals surface area contributed by atoms with E-state index in [0.717, 1.165) is 0 Å². The van der Waals surface area contributed by atoms with Crippen molar-refractivity contribution < 1.29 is 27.5 Å². The highest BCUT2D eigenvalue weighted by Crippen LogP contribution is 2.32. The van der Waals surface area contributed by atoms with E-state index in [1.54, 1.807) is 0 Å². The highest BCUT2D eigenvalue weighted by Gasteiger charge is 2.48. The monoisotopic (exact) mass is 346 g/mol. The van der Waals surface area contributed by atoms with Gasteiger partial charge in [0.25, 0.3) is 5.91 Å². The quantitative estimate of drug-likeness (QED) is 0.888. The number of likely N-dealkylation sites (tertiary alicyclic amines) is 1. The summed E-state index contributed by atoms with van der Waals surface area (Å²) >= 11 is 0. The first-order chi connectivity index (χ1) is 11.2. The highest BCUT2D eigenvalue weighted by atomic mass is 19.4. The van der Waals surface area contributed by atoms with Crippen LogP contribution in [0.2, 0.25) is 0 Å². The molecule has 1 saturated heterocycles. The standard InChI is InChI=1S/C14H17F3N4O3/c1-8(22)18-9-3-5-11(14(15,16)17)21(7-9)13(23)10-4-6-12(24-2)20-19-10/h4,6,9,11H,3,5,7H2,1-2H3,(H,18,22)/t9-,11+/m1/s1. The van der Waals surface area contributed by atoms with Crippen molar-refractivity contribution in [1.29, 1.82) is 0 Å². The Kier molecular flexibility index (Phi) is 5.25. The zero-order chi connectivity index (χ0) is 17.9. The average molecular weight is 346 g/mol. The van der Waals surface area contributed by atoms with Crippen LogP contribution in [0.3, 0.4) is 0 Å². The maximum absolute atomic E-state index is 13.2. The highest BCUT2D eigenvalue weighted by molar-refractivity contribution is 5.92. The maximum Gasteiger partial charge on any atom is 0.408 e. The molecule has 2 heterocycles. The van der Waals surface area contributed by atoms with E-state index in [1.165, 1.54) is 26.2 Å². The van der Waals surface area contributed by atoms with Crippen molar-refractivity contribution in [2.45, 2.75) is 38.0 Å². The molecule has 24 heavy (non-hydrogen) atoms. The number of hydrogen-bond donors (Lipinski definition) is 1. The summed E-state index contributed by atoms with van der Waals surface area (Å²) in [5.41, 5.74) is -0.214. The second-order valence-electron chi connectivity index (χ2n) is 5.45. The number of carbonyl (C=O) groups is 2. The first-order valence-corrected chi connectivity index (χ1v) is 7.25. The van der Waals surface area contributed by atoms with Gasteiger partial charge in [-0.15, -0.1) is 10.2 Å². The zero-order valence-corrected chi connectivity index (χ0v) is 13.1. The lowest BCUT2D eigenvalue weighted by atomic mass is 9.97. The van der Waals surface area contributed by atoms with Gasteiger partial charge in [-0.1, -0.05) is 0 Å². The first kappa shape index (κ1) is 18.0. The molecule has 1 aromatic rings. The van der Waals surface area contributed by atoms with E-state index < -0.39 is 24.2 Å². The fraction of sp³-hybridized carbons (Fsp3) is 0.571. The topological polar surface area (TPSA) is 84.4 Å². The molecule has 0 bridgehead atoms. The van der Waals surface area contributed by atoms with Gasteiger partial charge in [0.2, 0.25) is 11.8 Å². The summed E-state index contributed by atoms with van der Waals surface area (Å²) in [6.07, 6.45) is -4.71. The Bertz CT molecular complexity index is 606. The molecule has 0 unspecified atom stereocenters. The molecule has 2 rings (SSSR count). The molecule has 0 aliphatic carbocycles. The summed E-state index contributed by atoms with van der Waals surface area (Å²) in [7, 11) is 1.36. The lowest BCUT2D eigenvalue weighted by Gasteiger charge is -2.40. The van der Waals surface area contributed by atoms with Crippen LogP contribution in [-0.4, -0.2) is 58.8 Å². The van der Waals surface area contributed by atoms with E-state index in [4.69, 9.17) is 4.74 Å². The van der Waals surface area contributed by atoms with Crippen molar-refractivity contribution in [2.24, 2.45) is 0 Å². The Hall–Kier alpha value is -2.39. The molecule has 0 spiro atoms. The largest absolute Gasteiger partial charge is 0.480 e. The van der Waals surface area contributed by atoms with Gasteiger partial charge in [0.15, 0.2) is 5.69 Å². The second-order valence-corrected chi connectivity index (χ2v) is 5.45. The molecule has 1 fully saturated rings. The number of piperidine rings is 1. The minimum atomic E-state index is -4.56. The van der Waals surface area contributed by atoms with E-state index in [1.807, 2.05) is 0 Å². The third-order valence-corrected chi connectivity index (χ3v) is 3.70. The normalized spacial score (nSPS) is 21.3. The number of hydrogen-bond acceptors (Lipinski definition) is 5. The predicted octanol–water partition coefficient (Wildman–Crippen LogP) is 1.16. The van der Waals surface area contributed by atoms with Crippen LogP contribution in [0.15, 0.2) is 12.1 Å². The van der Waals surface area contributed by atoms with Crippen LogP contribution < -0.4 is 10.1 Å². The van der Waals surface area contributed by atoms with Gasteiger partial charge in [-0.2, -0.15) is 13.2 Å². The molecule has 1 aliphatic heterocycles. The summed E-state index contributed by atoms with van der Waals surface area (Å²) in [5, 5.41) is 9.76. The number of ether oxygens (including phenoxy) is 1. The molecule has 7 nitrogen and oxygen atoms in total. The third kappa shape index (κ3) is 4.12. The van der Waals surface area contributed by atoms with Crippen molar-refractivity contribution in [2.75, 3.05) is 13.7 Å². The van der Waals surface area contributed by atoms with Crippen LogP contribution in [0.25, 0.3) is 0 Å². The van der Waals surface area contributed by atoms with Gasteiger partial charge in [-0.3, -0.25) is 9.59 Å². The number of nitrogens with zero attached hydrogens (tertiary/aromatic N) is 3. The number of alkyl halides is 3. The summed E-state index contributed by atoms with van der Waals surface area (Å²) in [6.45, 7) is 1.03. The number of aromatic nitrogens is 2. The summed E-state index contributed by atoms with van der Waals surface area (Å²) in [6, 6.07) is 0.150. The van der Waals surface area contributed by atoms with Crippen LogP contribution in [0, 0.1) is 0 Å². The molecular weight excluding hydrogens is 329 g/mol. The number of amides is 2. The number of rotatable bonds is 3. The van der Waals surface area contributed by atoms with Crippen LogP contribution in [0.5, 0.6) is 5.88 Å². The number of halogens is 3. The van der Waals surface area contributed by atoms with Crippen molar-refractivity contribution >= 4 is 11.8 Å². The number of methoxy groups -OCH3 is 1. The number of carbonyl (C=O) groups excluding carboxylic acids is 2. The van der Waals surface area contributed by atoms with Crippen LogP contribution in [0.1, 0.15) is 30.3 Å². The molecule has 0 radical (unpaired) electrons. The van der Waals surface area contributed by atoms with Crippen LogP contribution in [-0.2, 0) is 4.79 Å². The van der Waals surface area contributed by atoms with Crippen molar-refractivity contribution in [1.82, 2.24) is 20.4 Å². The Labute approximate surface area is 136 Å². The molecule has 1 aromatic heterocycles. The van der Waals surface area contributed by atoms with E-state index in [0.29, 0.717) is 4.90 Å².